The molecule has 1 atom stereocenters. The number of ether oxygens (including phenoxy) is 1. The molecule has 0 heterocycles. The van der Waals surface area contributed by atoms with Crippen molar-refractivity contribution in [3.8, 4) is 0 Å². The Morgan fingerprint density at radius 3 is 2.29 bits per heavy atom. The van der Waals surface area contributed by atoms with Crippen molar-refractivity contribution in [2.75, 3.05) is 12.4 Å². The lowest BCUT2D eigenvalue weighted by Crippen LogP contribution is -2.49. The molecule has 0 fully saturated rings. The van der Waals surface area contributed by atoms with Gasteiger partial charge in [-0.3, -0.25) is 10.1 Å². The normalized spacial score (nSPS) is 13.2. The highest BCUT2D eigenvalue weighted by Gasteiger charge is 2.62. The summed E-state index contributed by atoms with van der Waals surface area (Å²) < 4.78 is 44.3. The number of esters is 1. The molecule has 0 aliphatic heterocycles. The number of hydrogen-bond donors (Lipinski definition) is 3. The summed E-state index contributed by atoms with van der Waals surface area (Å²) in [5, 5.41) is 15.4. The molecule has 6 nitrogen and oxygen atoms in total. The molecule has 1 amide bonds. The van der Waals surface area contributed by atoms with Crippen LogP contribution in [0.1, 0.15) is 21.5 Å². The number of aryl methyl sites for hydroxylation is 1. The summed E-state index contributed by atoms with van der Waals surface area (Å²) in [5.41, 5.74) is -4.05. The maximum Gasteiger partial charge on any atom is 0.432 e. The van der Waals surface area contributed by atoms with E-state index in [1.165, 1.54) is 25.1 Å². The van der Waals surface area contributed by atoms with E-state index in [1.54, 1.807) is 0 Å². The molecular weight excluding hydrogens is 480 g/mol. The van der Waals surface area contributed by atoms with E-state index in [2.05, 4.69) is 15.4 Å². The topological polar surface area (TPSA) is 87.7 Å². The zero-order valence-corrected chi connectivity index (χ0v) is 18.3. The summed E-state index contributed by atoms with van der Waals surface area (Å²) in [5.74, 6) is -2.51. The fraction of sp³-hybridized carbons (Fsp3) is 0.211. The van der Waals surface area contributed by atoms with Crippen molar-refractivity contribution in [1.29, 1.82) is 0 Å². The average molecular weight is 495 g/mol. The summed E-state index contributed by atoms with van der Waals surface area (Å²) in [6, 6.07) is 7.24. The number of carbonyl (C=O) groups is 2. The maximum atomic E-state index is 13.4. The smallest absolute Gasteiger partial charge is 0.432 e. The van der Waals surface area contributed by atoms with Gasteiger partial charge in [-0.2, -0.15) is 13.2 Å². The van der Waals surface area contributed by atoms with Crippen LogP contribution in [0.3, 0.4) is 0 Å². The molecule has 1 unspecified atom stereocenters. The van der Waals surface area contributed by atoms with Crippen molar-refractivity contribution in [1.82, 2.24) is 5.32 Å². The lowest BCUT2D eigenvalue weighted by atomic mass is 9.91. The molecule has 3 N–H and O–H groups in total. The highest BCUT2D eigenvalue weighted by Crippen LogP contribution is 2.40. The number of nitrogens with one attached hydrogen (secondary N) is 2. The van der Waals surface area contributed by atoms with Crippen LogP contribution in [0.2, 0.25) is 10.0 Å². The molecule has 0 saturated heterocycles. The van der Waals surface area contributed by atoms with Crippen molar-refractivity contribution in [2.45, 2.75) is 18.7 Å². The Bertz CT molecular complexity index is 1050. The van der Waals surface area contributed by atoms with Crippen molar-refractivity contribution in [3.05, 3.63) is 63.1 Å². The SMILES string of the molecule is COC(=O)C(O)(c1ccc(NC(=S)NC(=O)c2ccc(Cl)cc2Cl)c(C)c1)C(F)(F)F. The number of anilines is 1. The molecule has 31 heavy (non-hydrogen) atoms. The summed E-state index contributed by atoms with van der Waals surface area (Å²) >= 11 is 16.8. The Labute approximate surface area is 190 Å². The van der Waals surface area contributed by atoms with Crippen LogP contribution in [-0.2, 0) is 15.1 Å². The standard InChI is InChI=1S/C19H15Cl2F3N2O4S/c1-9-7-10(18(29,16(28)30-2)19(22,23)24)3-6-14(9)25-17(31)26-15(27)12-5-4-11(20)8-13(12)21/h3-8,29H,1-2H3,(H2,25,26,27,31). The Balaban J connectivity index is 2.22. The Hall–Kier alpha value is -2.40. The molecule has 0 radical (unpaired) electrons. The van der Waals surface area contributed by atoms with Crippen LogP contribution in [0.5, 0.6) is 0 Å². The van der Waals surface area contributed by atoms with Crippen LogP contribution >= 0.6 is 35.4 Å². The van der Waals surface area contributed by atoms with Crippen molar-refractivity contribution < 1.29 is 32.6 Å². The van der Waals surface area contributed by atoms with E-state index in [-0.39, 0.29) is 26.9 Å². The van der Waals surface area contributed by atoms with E-state index in [9.17, 15) is 27.9 Å². The molecule has 2 aromatic carbocycles. The first-order valence-corrected chi connectivity index (χ1v) is 9.53. The Morgan fingerprint density at radius 1 is 1.13 bits per heavy atom. The first-order valence-electron chi connectivity index (χ1n) is 8.37. The van der Waals surface area contributed by atoms with Crippen LogP contribution in [-0.4, -0.2) is 35.4 Å². The molecule has 2 rings (SSSR count). The highest BCUT2D eigenvalue weighted by atomic mass is 35.5. The maximum absolute atomic E-state index is 13.4. The number of amides is 1. The predicted molar refractivity (Wildman–Crippen MR) is 113 cm³/mol. The minimum Gasteiger partial charge on any atom is -0.466 e. The molecule has 0 aromatic heterocycles. The van der Waals surface area contributed by atoms with E-state index in [4.69, 9.17) is 35.4 Å². The molecule has 0 spiro atoms. The number of benzene rings is 2. The van der Waals surface area contributed by atoms with Gasteiger partial charge < -0.3 is 15.2 Å². The first kappa shape index (κ1) is 24.9. The van der Waals surface area contributed by atoms with Crippen LogP contribution in [0.25, 0.3) is 0 Å². The van der Waals surface area contributed by atoms with E-state index < -0.39 is 29.2 Å². The first-order chi connectivity index (χ1) is 14.3. The number of carbonyl (C=O) groups excluding carboxylic acids is 2. The summed E-state index contributed by atoms with van der Waals surface area (Å²) in [6.07, 6.45) is -5.32. The zero-order valence-electron chi connectivity index (χ0n) is 15.9. The van der Waals surface area contributed by atoms with Crippen LogP contribution < -0.4 is 10.6 Å². The third-order valence-electron chi connectivity index (χ3n) is 4.19. The number of halogens is 5. The van der Waals surface area contributed by atoms with Gasteiger partial charge in [-0.15, -0.1) is 0 Å². The number of methoxy groups -OCH3 is 1. The minimum atomic E-state index is -5.32. The van der Waals surface area contributed by atoms with Crippen LogP contribution in [0.4, 0.5) is 18.9 Å². The Morgan fingerprint density at radius 2 is 1.77 bits per heavy atom. The molecule has 0 saturated carbocycles. The molecule has 12 heteroatoms. The number of thiocarbonyl (C=S) groups is 1. The van der Waals surface area contributed by atoms with Gasteiger partial charge in [-0.05, 0) is 49.0 Å². The van der Waals surface area contributed by atoms with Crippen molar-refractivity contribution in [2.24, 2.45) is 0 Å². The fourth-order valence-electron chi connectivity index (χ4n) is 2.57. The fourth-order valence-corrected chi connectivity index (χ4v) is 3.27. The Kier molecular flexibility index (Phi) is 7.53. The number of hydrogen-bond acceptors (Lipinski definition) is 5. The predicted octanol–water partition coefficient (Wildman–Crippen LogP) is 4.35. The van der Waals surface area contributed by atoms with Gasteiger partial charge in [0, 0.05) is 16.3 Å². The number of rotatable bonds is 4. The van der Waals surface area contributed by atoms with E-state index in [0.29, 0.717) is 5.02 Å². The van der Waals surface area contributed by atoms with Gasteiger partial charge in [-0.25, -0.2) is 4.79 Å². The number of alkyl halides is 3. The number of aliphatic hydroxyl groups is 1. The third kappa shape index (κ3) is 5.27. The molecule has 166 valence electrons. The van der Waals surface area contributed by atoms with E-state index in [1.807, 2.05) is 0 Å². The molecular formula is C19H15Cl2F3N2O4S. The largest absolute Gasteiger partial charge is 0.466 e. The van der Waals surface area contributed by atoms with Crippen molar-refractivity contribution in [3.63, 3.8) is 0 Å². The van der Waals surface area contributed by atoms with Gasteiger partial charge in [0.15, 0.2) is 5.11 Å². The van der Waals surface area contributed by atoms with Gasteiger partial charge in [0.2, 0.25) is 0 Å². The zero-order chi connectivity index (χ0) is 23.6. The molecule has 0 aliphatic carbocycles. The van der Waals surface area contributed by atoms with Gasteiger partial charge in [0.25, 0.3) is 11.5 Å². The molecule has 0 bridgehead atoms. The van der Waals surface area contributed by atoms with Crippen LogP contribution in [0, 0.1) is 6.92 Å². The third-order valence-corrected chi connectivity index (χ3v) is 4.94. The summed E-state index contributed by atoms with van der Waals surface area (Å²) in [4.78, 5) is 24.0. The van der Waals surface area contributed by atoms with Gasteiger partial charge in [-0.1, -0.05) is 35.3 Å². The van der Waals surface area contributed by atoms with Gasteiger partial charge in [0.05, 0.1) is 17.7 Å². The second-order valence-electron chi connectivity index (χ2n) is 6.26. The van der Waals surface area contributed by atoms with E-state index in [0.717, 1.165) is 25.3 Å². The van der Waals surface area contributed by atoms with Gasteiger partial charge >= 0.3 is 12.1 Å². The second-order valence-corrected chi connectivity index (χ2v) is 7.51. The van der Waals surface area contributed by atoms with Gasteiger partial charge in [0.1, 0.15) is 0 Å². The lowest BCUT2D eigenvalue weighted by Gasteiger charge is -2.28. The van der Waals surface area contributed by atoms with E-state index >= 15 is 0 Å². The van der Waals surface area contributed by atoms with Crippen molar-refractivity contribution >= 4 is 58.1 Å². The summed E-state index contributed by atoms with van der Waals surface area (Å²) in [6.45, 7) is 1.42. The quantitative estimate of drug-likeness (QED) is 0.432. The monoisotopic (exact) mass is 494 g/mol. The molecule has 0 aliphatic rings. The summed E-state index contributed by atoms with van der Waals surface area (Å²) in [7, 11) is 0.732. The average Bonchev–Trinajstić information content (AvgIpc) is 2.67. The molecule has 2 aromatic rings. The highest BCUT2D eigenvalue weighted by molar-refractivity contribution is 7.80. The minimum absolute atomic E-state index is 0.0996. The lowest BCUT2D eigenvalue weighted by molar-refractivity contribution is -0.266. The van der Waals surface area contributed by atoms with Crippen LogP contribution in [0.15, 0.2) is 36.4 Å². The second kappa shape index (κ2) is 9.39.